The van der Waals surface area contributed by atoms with Crippen LogP contribution in [0.5, 0.6) is 0 Å². The van der Waals surface area contributed by atoms with Crippen LogP contribution in [-0.2, 0) is 0 Å². The lowest BCUT2D eigenvalue weighted by atomic mass is 10.1. The van der Waals surface area contributed by atoms with Gasteiger partial charge in [0.1, 0.15) is 5.69 Å². The molecular weight excluding hydrogens is 208 g/mol. The predicted octanol–water partition coefficient (Wildman–Crippen LogP) is 0.713. The van der Waals surface area contributed by atoms with Crippen molar-refractivity contribution in [1.82, 2.24) is 9.88 Å². The van der Waals surface area contributed by atoms with E-state index in [1.165, 1.54) is 6.07 Å². The number of aromatic nitrogens is 1. The van der Waals surface area contributed by atoms with Gasteiger partial charge in [-0.05, 0) is 17.5 Å². The third-order valence-electron chi connectivity index (χ3n) is 2.58. The second-order valence-corrected chi connectivity index (χ2v) is 3.52. The molecule has 0 fully saturated rings. The molecule has 16 heavy (non-hydrogen) atoms. The Bertz CT molecular complexity index is 700. The van der Waals surface area contributed by atoms with E-state index in [-0.39, 0.29) is 5.69 Å². The van der Waals surface area contributed by atoms with E-state index in [4.69, 9.17) is 0 Å². The number of carbonyl (C=O) groups excluding carboxylic acids is 2. The highest BCUT2D eigenvalue weighted by Crippen LogP contribution is 2.14. The number of carbonyl (C=O) groups is 2. The predicted molar refractivity (Wildman–Crippen MR) is 56.5 cm³/mol. The molecule has 0 unspecified atom stereocenters. The highest BCUT2D eigenvalue weighted by molar-refractivity contribution is 6.12. The number of rotatable bonds is 0. The average molecular weight is 214 g/mol. The molecule has 0 spiro atoms. The minimum absolute atomic E-state index is 0.0914. The molecule has 0 saturated heterocycles. The van der Waals surface area contributed by atoms with Gasteiger partial charge in [0.25, 0.3) is 11.5 Å². The van der Waals surface area contributed by atoms with Crippen molar-refractivity contribution in [3.8, 4) is 0 Å². The summed E-state index contributed by atoms with van der Waals surface area (Å²) in [6, 6.07) is 7.69. The van der Waals surface area contributed by atoms with Crippen LogP contribution in [0.25, 0.3) is 10.8 Å². The first kappa shape index (κ1) is 8.84. The van der Waals surface area contributed by atoms with Crippen LogP contribution in [0.3, 0.4) is 0 Å². The maximum Gasteiger partial charge on any atom is 0.336 e. The van der Waals surface area contributed by atoms with E-state index in [9.17, 15) is 14.4 Å². The van der Waals surface area contributed by atoms with Gasteiger partial charge in [-0.2, -0.15) is 0 Å². The van der Waals surface area contributed by atoms with Gasteiger partial charge < -0.3 is 0 Å². The smallest absolute Gasteiger partial charge is 0.272 e. The number of pyridine rings is 1. The van der Waals surface area contributed by atoms with E-state index < -0.39 is 17.5 Å². The fraction of sp³-hybridized carbons (Fsp3) is 0. The van der Waals surface area contributed by atoms with Crippen LogP contribution in [0.2, 0.25) is 0 Å². The minimum atomic E-state index is -0.684. The van der Waals surface area contributed by atoms with Crippen molar-refractivity contribution in [2.45, 2.75) is 0 Å². The molecule has 0 aliphatic carbocycles. The number of fused-ring (bicyclic) bond motifs is 2. The Hall–Kier alpha value is -2.43. The molecule has 2 aromatic rings. The monoisotopic (exact) mass is 214 g/mol. The summed E-state index contributed by atoms with van der Waals surface area (Å²) in [6.07, 6.45) is 0. The maximum absolute atomic E-state index is 11.9. The molecule has 2 amide bonds. The minimum Gasteiger partial charge on any atom is -0.272 e. The van der Waals surface area contributed by atoms with E-state index in [2.05, 4.69) is 5.32 Å². The van der Waals surface area contributed by atoms with Crippen LogP contribution in [-0.4, -0.2) is 16.5 Å². The molecule has 5 nitrogen and oxygen atoms in total. The highest BCUT2D eigenvalue weighted by atomic mass is 16.2. The van der Waals surface area contributed by atoms with Gasteiger partial charge in [0.15, 0.2) is 0 Å². The van der Waals surface area contributed by atoms with Gasteiger partial charge in [-0.15, -0.1) is 0 Å². The molecule has 5 heteroatoms. The molecule has 0 bridgehead atoms. The summed E-state index contributed by atoms with van der Waals surface area (Å²) in [6.45, 7) is 0. The Morgan fingerprint density at radius 2 is 1.81 bits per heavy atom. The molecule has 3 rings (SSSR count). The number of hydrogen-bond donors (Lipinski definition) is 1. The molecule has 2 heterocycles. The molecule has 0 atom stereocenters. The molecular formula is C11H6N2O3. The lowest BCUT2D eigenvalue weighted by Gasteiger charge is -2.01. The normalized spacial score (nSPS) is 14.0. The number of hydrogen-bond acceptors (Lipinski definition) is 3. The first-order valence-corrected chi connectivity index (χ1v) is 4.69. The fourth-order valence-corrected chi connectivity index (χ4v) is 1.85. The maximum atomic E-state index is 11.9. The lowest BCUT2D eigenvalue weighted by molar-refractivity contribution is 0.0976. The van der Waals surface area contributed by atoms with Gasteiger partial charge in [0.2, 0.25) is 0 Å². The molecule has 1 aromatic carbocycles. The third-order valence-corrected chi connectivity index (χ3v) is 2.58. The van der Waals surface area contributed by atoms with Gasteiger partial charge in [0, 0.05) is 5.39 Å². The molecule has 78 valence electrons. The van der Waals surface area contributed by atoms with Crippen LogP contribution < -0.4 is 10.9 Å². The van der Waals surface area contributed by atoms with Crippen LogP contribution in [0.4, 0.5) is 4.79 Å². The van der Waals surface area contributed by atoms with Crippen LogP contribution in [0.1, 0.15) is 10.5 Å². The Morgan fingerprint density at radius 3 is 2.62 bits per heavy atom. The van der Waals surface area contributed by atoms with Gasteiger partial charge in [-0.25, -0.2) is 9.36 Å². The number of nitrogens with one attached hydrogen (secondary N) is 1. The summed E-state index contributed by atoms with van der Waals surface area (Å²) in [5.41, 5.74) is -0.370. The molecule has 1 aliphatic rings. The van der Waals surface area contributed by atoms with Gasteiger partial charge >= 0.3 is 6.03 Å². The van der Waals surface area contributed by atoms with Crippen molar-refractivity contribution < 1.29 is 9.59 Å². The van der Waals surface area contributed by atoms with E-state index in [1.807, 2.05) is 0 Å². The van der Waals surface area contributed by atoms with Crippen molar-refractivity contribution >= 4 is 22.7 Å². The molecule has 1 N–H and O–H groups in total. The average Bonchev–Trinajstić information content (AvgIpc) is 2.55. The summed E-state index contributed by atoms with van der Waals surface area (Å²) >= 11 is 0. The van der Waals surface area contributed by atoms with Crippen molar-refractivity contribution in [3.63, 3.8) is 0 Å². The third kappa shape index (κ3) is 0.967. The van der Waals surface area contributed by atoms with E-state index in [0.29, 0.717) is 10.8 Å². The Kier molecular flexibility index (Phi) is 1.54. The Morgan fingerprint density at radius 1 is 1.06 bits per heavy atom. The van der Waals surface area contributed by atoms with Crippen LogP contribution in [0, 0.1) is 0 Å². The number of benzene rings is 1. The summed E-state index contributed by atoms with van der Waals surface area (Å²) < 4.78 is 0.866. The first-order chi connectivity index (χ1) is 7.68. The summed E-state index contributed by atoms with van der Waals surface area (Å²) in [5, 5.41) is 3.17. The van der Waals surface area contributed by atoms with E-state index in [1.54, 1.807) is 24.3 Å². The van der Waals surface area contributed by atoms with Crippen LogP contribution >= 0.6 is 0 Å². The zero-order valence-corrected chi connectivity index (χ0v) is 8.06. The quantitative estimate of drug-likeness (QED) is 0.702. The molecule has 1 aliphatic heterocycles. The fourth-order valence-electron chi connectivity index (χ4n) is 1.85. The van der Waals surface area contributed by atoms with E-state index in [0.717, 1.165) is 4.57 Å². The topological polar surface area (TPSA) is 68.2 Å². The number of amides is 2. The first-order valence-electron chi connectivity index (χ1n) is 4.69. The van der Waals surface area contributed by atoms with Crippen LogP contribution in [0.15, 0.2) is 35.1 Å². The van der Waals surface area contributed by atoms with Gasteiger partial charge in [-0.1, -0.05) is 18.2 Å². The largest absolute Gasteiger partial charge is 0.336 e. The Balaban J connectivity index is 2.55. The summed E-state index contributed by atoms with van der Waals surface area (Å²) in [5.74, 6) is -0.534. The molecule has 0 radical (unpaired) electrons. The number of imide groups is 1. The second kappa shape index (κ2) is 2.79. The van der Waals surface area contributed by atoms with Crippen molar-refractivity contribution in [1.29, 1.82) is 0 Å². The second-order valence-electron chi connectivity index (χ2n) is 3.52. The number of nitrogens with zero attached hydrogens (tertiary/aromatic N) is 1. The standard InChI is InChI=1S/C11H6N2O3/c14-9-8-5-6-3-1-2-4-7(6)10(15)13(8)11(16)12-9/h1-5H,(H,12,14,16). The SMILES string of the molecule is O=C1NC(=O)n2c1cc1ccccc1c2=O. The lowest BCUT2D eigenvalue weighted by Crippen LogP contribution is -2.28. The molecule has 1 aromatic heterocycles. The van der Waals surface area contributed by atoms with Gasteiger partial charge in [-0.3, -0.25) is 14.9 Å². The summed E-state index contributed by atoms with van der Waals surface area (Å²) in [7, 11) is 0. The Labute approximate surface area is 89.3 Å². The van der Waals surface area contributed by atoms with Crippen molar-refractivity contribution in [3.05, 3.63) is 46.4 Å². The van der Waals surface area contributed by atoms with Crippen molar-refractivity contribution in [2.24, 2.45) is 0 Å². The summed E-state index contributed by atoms with van der Waals surface area (Å²) in [4.78, 5) is 34.7. The van der Waals surface area contributed by atoms with Gasteiger partial charge in [0.05, 0.1) is 0 Å². The van der Waals surface area contributed by atoms with E-state index >= 15 is 0 Å². The zero-order valence-electron chi connectivity index (χ0n) is 8.06. The highest BCUT2D eigenvalue weighted by Gasteiger charge is 2.28. The molecule has 0 saturated carbocycles. The van der Waals surface area contributed by atoms with Crippen molar-refractivity contribution in [2.75, 3.05) is 0 Å². The zero-order chi connectivity index (χ0) is 11.3.